The molecule has 0 saturated heterocycles. The fraction of sp³-hybridized carbons (Fsp3) is 0.200. The highest BCUT2D eigenvalue weighted by molar-refractivity contribution is 5.66. The van der Waals surface area contributed by atoms with Gasteiger partial charge in [0.1, 0.15) is 11.6 Å². The van der Waals surface area contributed by atoms with Crippen molar-refractivity contribution in [2.45, 2.75) is 13.0 Å². The third-order valence-electron chi connectivity index (χ3n) is 3.00. The fourth-order valence-corrected chi connectivity index (χ4v) is 1.87. The molecule has 2 aromatic rings. The minimum atomic E-state index is -0.333. The Kier molecular flexibility index (Phi) is 3.90. The number of nitrogen functional groups attached to an aromatic ring is 1. The van der Waals surface area contributed by atoms with Gasteiger partial charge in [0.25, 0.3) is 0 Å². The van der Waals surface area contributed by atoms with Gasteiger partial charge in [0, 0.05) is 6.04 Å². The summed E-state index contributed by atoms with van der Waals surface area (Å²) in [6, 6.07) is 12.2. The molecule has 0 aromatic heterocycles. The number of benzene rings is 2. The van der Waals surface area contributed by atoms with E-state index >= 15 is 0 Å². The van der Waals surface area contributed by atoms with Crippen LogP contribution < -0.4 is 15.8 Å². The molecule has 2 aromatic carbocycles. The summed E-state index contributed by atoms with van der Waals surface area (Å²) >= 11 is 0. The average molecular weight is 260 g/mol. The van der Waals surface area contributed by atoms with Crippen molar-refractivity contribution in [3.63, 3.8) is 0 Å². The first-order chi connectivity index (χ1) is 9.10. The molecular formula is C15H17FN2O. The number of nitrogens with one attached hydrogen (secondary N) is 1. The summed E-state index contributed by atoms with van der Waals surface area (Å²) in [6.07, 6.45) is 0. The van der Waals surface area contributed by atoms with Crippen molar-refractivity contribution >= 4 is 11.4 Å². The number of hydrogen-bond acceptors (Lipinski definition) is 3. The molecule has 3 nitrogen and oxygen atoms in total. The molecule has 0 saturated carbocycles. The molecule has 19 heavy (non-hydrogen) atoms. The molecule has 100 valence electrons. The molecule has 1 atom stereocenters. The van der Waals surface area contributed by atoms with Gasteiger partial charge in [0.2, 0.25) is 0 Å². The molecule has 0 amide bonds. The van der Waals surface area contributed by atoms with E-state index in [0.717, 1.165) is 17.0 Å². The number of nitrogens with two attached hydrogens (primary N) is 1. The van der Waals surface area contributed by atoms with Gasteiger partial charge in [-0.25, -0.2) is 4.39 Å². The minimum Gasteiger partial charge on any atom is -0.497 e. The predicted molar refractivity (Wildman–Crippen MR) is 75.8 cm³/mol. The molecule has 1 unspecified atom stereocenters. The molecule has 0 fully saturated rings. The van der Waals surface area contributed by atoms with Gasteiger partial charge in [-0.1, -0.05) is 12.1 Å². The lowest BCUT2D eigenvalue weighted by Crippen LogP contribution is -2.08. The van der Waals surface area contributed by atoms with Crippen LogP contribution in [0.2, 0.25) is 0 Å². The van der Waals surface area contributed by atoms with Crippen LogP contribution in [0.15, 0.2) is 42.5 Å². The normalized spacial score (nSPS) is 11.9. The molecule has 0 heterocycles. The number of rotatable bonds is 4. The van der Waals surface area contributed by atoms with Crippen LogP contribution in [0, 0.1) is 5.82 Å². The Bertz CT molecular complexity index is 555. The molecule has 0 spiro atoms. The van der Waals surface area contributed by atoms with E-state index in [2.05, 4.69) is 5.32 Å². The Balaban J connectivity index is 2.13. The van der Waals surface area contributed by atoms with E-state index in [0.29, 0.717) is 5.69 Å². The maximum atomic E-state index is 13.0. The third kappa shape index (κ3) is 3.16. The van der Waals surface area contributed by atoms with Gasteiger partial charge >= 0.3 is 0 Å². The summed E-state index contributed by atoms with van der Waals surface area (Å²) in [6.45, 7) is 2.02. The standard InChI is InChI=1S/C15H17FN2O/c1-10(11-3-6-13(19-2)7-4-11)18-15-8-5-12(16)9-14(15)17/h3-10,18H,17H2,1-2H3. The zero-order chi connectivity index (χ0) is 13.8. The summed E-state index contributed by atoms with van der Waals surface area (Å²) < 4.78 is 18.1. The second-order valence-corrected chi connectivity index (χ2v) is 4.37. The third-order valence-corrected chi connectivity index (χ3v) is 3.00. The van der Waals surface area contributed by atoms with E-state index in [1.807, 2.05) is 31.2 Å². The molecule has 0 aliphatic carbocycles. The maximum absolute atomic E-state index is 13.0. The number of hydrogen-bond donors (Lipinski definition) is 2. The van der Waals surface area contributed by atoms with Crippen molar-refractivity contribution in [2.75, 3.05) is 18.2 Å². The van der Waals surface area contributed by atoms with E-state index in [1.54, 1.807) is 13.2 Å². The average Bonchev–Trinajstić information content (AvgIpc) is 2.42. The van der Waals surface area contributed by atoms with Crippen molar-refractivity contribution in [2.24, 2.45) is 0 Å². The van der Waals surface area contributed by atoms with Crippen molar-refractivity contribution in [3.8, 4) is 5.75 Å². The topological polar surface area (TPSA) is 47.3 Å². The Labute approximate surface area is 112 Å². The van der Waals surface area contributed by atoms with Crippen LogP contribution in [0.5, 0.6) is 5.75 Å². The van der Waals surface area contributed by atoms with Gasteiger partial charge in [0.15, 0.2) is 0 Å². The summed E-state index contributed by atoms with van der Waals surface area (Å²) in [5, 5.41) is 3.26. The highest BCUT2D eigenvalue weighted by Crippen LogP contribution is 2.25. The zero-order valence-electron chi connectivity index (χ0n) is 11.0. The first-order valence-electron chi connectivity index (χ1n) is 6.05. The lowest BCUT2D eigenvalue weighted by Gasteiger charge is -2.17. The Morgan fingerprint density at radius 2 is 1.84 bits per heavy atom. The highest BCUT2D eigenvalue weighted by atomic mass is 19.1. The second kappa shape index (κ2) is 5.61. The quantitative estimate of drug-likeness (QED) is 0.826. The van der Waals surface area contributed by atoms with Crippen LogP contribution in [0.3, 0.4) is 0 Å². The van der Waals surface area contributed by atoms with Crippen molar-refractivity contribution in [3.05, 3.63) is 53.8 Å². The first kappa shape index (κ1) is 13.2. The molecule has 0 aliphatic heterocycles. The van der Waals surface area contributed by atoms with Crippen LogP contribution in [0.25, 0.3) is 0 Å². The molecule has 3 N–H and O–H groups in total. The van der Waals surface area contributed by atoms with Crippen molar-refractivity contribution in [1.29, 1.82) is 0 Å². The summed E-state index contributed by atoms with van der Waals surface area (Å²) in [4.78, 5) is 0. The Morgan fingerprint density at radius 1 is 1.16 bits per heavy atom. The molecule has 0 radical (unpaired) electrons. The van der Waals surface area contributed by atoms with E-state index < -0.39 is 0 Å². The van der Waals surface area contributed by atoms with Crippen molar-refractivity contribution < 1.29 is 9.13 Å². The zero-order valence-corrected chi connectivity index (χ0v) is 11.0. The summed E-state index contributed by atoms with van der Waals surface area (Å²) in [5.41, 5.74) is 8.00. The predicted octanol–water partition coefficient (Wildman–Crippen LogP) is 3.59. The molecule has 0 aliphatic rings. The van der Waals surface area contributed by atoms with Crippen molar-refractivity contribution in [1.82, 2.24) is 0 Å². The number of anilines is 2. The van der Waals surface area contributed by atoms with Crippen LogP contribution in [0.1, 0.15) is 18.5 Å². The van der Waals surface area contributed by atoms with Gasteiger partial charge in [0.05, 0.1) is 18.5 Å². The number of methoxy groups -OCH3 is 1. The summed E-state index contributed by atoms with van der Waals surface area (Å²) in [5.74, 6) is 0.484. The van der Waals surface area contributed by atoms with Crippen LogP contribution in [0.4, 0.5) is 15.8 Å². The van der Waals surface area contributed by atoms with Gasteiger partial charge < -0.3 is 15.8 Å². The molecule has 4 heteroatoms. The van der Waals surface area contributed by atoms with Gasteiger partial charge in [-0.05, 0) is 42.8 Å². The van der Waals surface area contributed by atoms with Crippen LogP contribution in [-0.4, -0.2) is 7.11 Å². The summed E-state index contributed by atoms with van der Waals surface area (Å²) in [7, 11) is 1.63. The maximum Gasteiger partial charge on any atom is 0.125 e. The largest absolute Gasteiger partial charge is 0.497 e. The smallest absolute Gasteiger partial charge is 0.125 e. The minimum absolute atomic E-state index is 0.0682. The lowest BCUT2D eigenvalue weighted by molar-refractivity contribution is 0.414. The van der Waals surface area contributed by atoms with Gasteiger partial charge in [-0.2, -0.15) is 0 Å². The Morgan fingerprint density at radius 3 is 2.42 bits per heavy atom. The van der Waals surface area contributed by atoms with E-state index in [1.165, 1.54) is 12.1 Å². The highest BCUT2D eigenvalue weighted by Gasteiger charge is 2.08. The van der Waals surface area contributed by atoms with E-state index in [4.69, 9.17) is 10.5 Å². The van der Waals surface area contributed by atoms with Gasteiger partial charge in [-0.3, -0.25) is 0 Å². The first-order valence-corrected chi connectivity index (χ1v) is 6.05. The van der Waals surface area contributed by atoms with Gasteiger partial charge in [-0.15, -0.1) is 0 Å². The number of ether oxygens (including phenoxy) is 1. The lowest BCUT2D eigenvalue weighted by atomic mass is 10.1. The van der Waals surface area contributed by atoms with E-state index in [-0.39, 0.29) is 11.9 Å². The fourth-order valence-electron chi connectivity index (χ4n) is 1.87. The Hall–Kier alpha value is -2.23. The molecule has 2 rings (SSSR count). The SMILES string of the molecule is COc1ccc(C(C)Nc2ccc(F)cc2N)cc1. The van der Waals surface area contributed by atoms with Crippen LogP contribution in [-0.2, 0) is 0 Å². The molecular weight excluding hydrogens is 243 g/mol. The molecule has 0 bridgehead atoms. The number of halogens is 1. The van der Waals surface area contributed by atoms with E-state index in [9.17, 15) is 4.39 Å². The monoisotopic (exact) mass is 260 g/mol. The van der Waals surface area contributed by atoms with Crippen LogP contribution >= 0.6 is 0 Å². The second-order valence-electron chi connectivity index (χ2n) is 4.37.